The van der Waals surface area contributed by atoms with E-state index in [1.165, 1.54) is 23.6 Å². The number of aromatic nitrogens is 1. The molecule has 1 aromatic heterocycles. The summed E-state index contributed by atoms with van der Waals surface area (Å²) in [5.74, 6) is -1.07. The van der Waals surface area contributed by atoms with Crippen LogP contribution in [0, 0.1) is 12.8 Å². The SMILES string of the molecule is Cc1cc(NC(=O)C(C)SCC(=O)N(C)CC(C)C(=O)O)no1. The fraction of sp³-hybridized carbons (Fsp3) is 0.571. The van der Waals surface area contributed by atoms with Crippen LogP contribution >= 0.6 is 11.8 Å². The molecular weight excluding hydrogens is 322 g/mol. The van der Waals surface area contributed by atoms with Gasteiger partial charge >= 0.3 is 5.97 Å². The minimum absolute atomic E-state index is 0.0925. The number of hydrogen-bond donors (Lipinski definition) is 2. The van der Waals surface area contributed by atoms with Crippen LogP contribution in [0.2, 0.25) is 0 Å². The van der Waals surface area contributed by atoms with Crippen LogP contribution in [0.5, 0.6) is 0 Å². The Morgan fingerprint density at radius 1 is 1.43 bits per heavy atom. The molecule has 0 saturated carbocycles. The Morgan fingerprint density at radius 3 is 2.61 bits per heavy atom. The van der Waals surface area contributed by atoms with E-state index in [9.17, 15) is 14.4 Å². The van der Waals surface area contributed by atoms with Crippen LogP contribution in [0.25, 0.3) is 0 Å². The van der Waals surface area contributed by atoms with E-state index in [0.29, 0.717) is 11.6 Å². The van der Waals surface area contributed by atoms with Gasteiger partial charge in [0.05, 0.1) is 16.9 Å². The molecule has 128 valence electrons. The van der Waals surface area contributed by atoms with Gasteiger partial charge in [0.15, 0.2) is 5.82 Å². The average molecular weight is 343 g/mol. The highest BCUT2D eigenvalue weighted by atomic mass is 32.2. The second-order valence-corrected chi connectivity index (χ2v) is 6.61. The van der Waals surface area contributed by atoms with Crippen LogP contribution < -0.4 is 5.32 Å². The predicted octanol–water partition coefficient (Wildman–Crippen LogP) is 1.22. The van der Waals surface area contributed by atoms with Gasteiger partial charge < -0.3 is 19.8 Å². The Bertz CT molecular complexity index is 575. The number of amides is 2. The number of carboxylic acids is 1. The normalized spacial score (nSPS) is 13.2. The van der Waals surface area contributed by atoms with Crippen LogP contribution in [0.3, 0.4) is 0 Å². The van der Waals surface area contributed by atoms with Crippen molar-refractivity contribution in [2.24, 2.45) is 5.92 Å². The maximum absolute atomic E-state index is 12.0. The van der Waals surface area contributed by atoms with Gasteiger partial charge in [-0.15, -0.1) is 11.8 Å². The average Bonchev–Trinajstić information content (AvgIpc) is 2.88. The van der Waals surface area contributed by atoms with E-state index < -0.39 is 17.1 Å². The molecule has 9 heteroatoms. The molecule has 2 N–H and O–H groups in total. The van der Waals surface area contributed by atoms with Crippen molar-refractivity contribution in [3.63, 3.8) is 0 Å². The molecule has 0 radical (unpaired) electrons. The number of carbonyl (C=O) groups is 3. The first kappa shape index (κ1) is 19.0. The summed E-state index contributed by atoms with van der Waals surface area (Å²) in [5, 5.41) is 14.6. The number of hydrogen-bond acceptors (Lipinski definition) is 6. The molecule has 0 aliphatic heterocycles. The highest BCUT2D eigenvalue weighted by Gasteiger charge is 2.20. The topological polar surface area (TPSA) is 113 Å². The summed E-state index contributed by atoms with van der Waals surface area (Å²) in [5.41, 5.74) is 0. The fourth-order valence-electron chi connectivity index (χ4n) is 1.63. The molecule has 0 bridgehead atoms. The molecule has 1 heterocycles. The minimum atomic E-state index is -0.951. The van der Waals surface area contributed by atoms with E-state index in [-0.39, 0.29) is 24.1 Å². The van der Waals surface area contributed by atoms with E-state index >= 15 is 0 Å². The first-order valence-electron chi connectivity index (χ1n) is 7.03. The number of nitrogens with one attached hydrogen (secondary N) is 1. The molecule has 0 fully saturated rings. The standard InChI is InChI=1S/C14H21N3O5S/c1-8(14(20)21)6-17(4)12(18)7-23-10(3)13(19)15-11-5-9(2)22-16-11/h5,8,10H,6-7H2,1-4H3,(H,20,21)(H,15,16,19). The number of aryl methyl sites for hydroxylation is 1. The van der Waals surface area contributed by atoms with Gasteiger partial charge in [-0.3, -0.25) is 14.4 Å². The number of carbonyl (C=O) groups excluding carboxylic acids is 2. The molecule has 0 aliphatic carbocycles. The summed E-state index contributed by atoms with van der Waals surface area (Å²) in [6.45, 7) is 5.07. The fourth-order valence-corrected chi connectivity index (χ4v) is 2.45. The lowest BCUT2D eigenvalue weighted by Crippen LogP contribution is -2.35. The number of thioether (sulfide) groups is 1. The molecule has 0 spiro atoms. The van der Waals surface area contributed by atoms with Crippen LogP contribution in [-0.2, 0) is 14.4 Å². The third-order valence-corrected chi connectivity index (χ3v) is 4.23. The van der Waals surface area contributed by atoms with E-state index in [1.807, 2.05) is 0 Å². The van der Waals surface area contributed by atoms with Crippen LogP contribution in [0.4, 0.5) is 5.82 Å². The summed E-state index contributed by atoms with van der Waals surface area (Å²) >= 11 is 1.17. The second kappa shape index (κ2) is 8.56. The first-order chi connectivity index (χ1) is 10.7. The van der Waals surface area contributed by atoms with Gasteiger partial charge in [-0.25, -0.2) is 0 Å². The van der Waals surface area contributed by atoms with E-state index in [2.05, 4.69) is 10.5 Å². The van der Waals surface area contributed by atoms with Gasteiger partial charge in [-0.2, -0.15) is 0 Å². The molecule has 1 rings (SSSR count). The van der Waals surface area contributed by atoms with Gasteiger partial charge in [-0.05, 0) is 13.8 Å². The van der Waals surface area contributed by atoms with Crippen molar-refractivity contribution >= 4 is 35.4 Å². The number of carboxylic acid groups (broad SMARTS) is 1. The number of aliphatic carboxylic acids is 1. The van der Waals surface area contributed by atoms with Crippen LogP contribution in [-0.4, -0.2) is 57.5 Å². The van der Waals surface area contributed by atoms with Crippen LogP contribution in [0.1, 0.15) is 19.6 Å². The molecule has 2 atom stereocenters. The van der Waals surface area contributed by atoms with Crippen molar-refractivity contribution in [2.75, 3.05) is 24.7 Å². The quantitative estimate of drug-likeness (QED) is 0.729. The molecular formula is C14H21N3O5S. The molecule has 0 aliphatic rings. The Balaban J connectivity index is 2.39. The number of anilines is 1. The lowest BCUT2D eigenvalue weighted by molar-refractivity contribution is -0.142. The smallest absolute Gasteiger partial charge is 0.308 e. The highest BCUT2D eigenvalue weighted by molar-refractivity contribution is 8.01. The highest BCUT2D eigenvalue weighted by Crippen LogP contribution is 2.15. The Kier molecular flexibility index (Phi) is 7.08. The third-order valence-electron chi connectivity index (χ3n) is 3.10. The van der Waals surface area contributed by atoms with Crippen molar-refractivity contribution < 1.29 is 24.0 Å². The Labute approximate surface area is 138 Å². The number of nitrogens with zero attached hydrogens (tertiary/aromatic N) is 2. The van der Waals surface area contributed by atoms with Gasteiger partial charge in [0.1, 0.15) is 5.76 Å². The molecule has 8 nitrogen and oxygen atoms in total. The maximum atomic E-state index is 12.0. The maximum Gasteiger partial charge on any atom is 0.308 e. The van der Waals surface area contributed by atoms with E-state index in [0.717, 1.165) is 0 Å². The molecule has 23 heavy (non-hydrogen) atoms. The largest absolute Gasteiger partial charge is 0.481 e. The number of rotatable bonds is 8. The minimum Gasteiger partial charge on any atom is -0.481 e. The van der Waals surface area contributed by atoms with Crippen molar-refractivity contribution in [2.45, 2.75) is 26.0 Å². The van der Waals surface area contributed by atoms with Crippen molar-refractivity contribution in [3.05, 3.63) is 11.8 Å². The second-order valence-electron chi connectivity index (χ2n) is 5.28. The van der Waals surface area contributed by atoms with Crippen molar-refractivity contribution in [1.29, 1.82) is 0 Å². The van der Waals surface area contributed by atoms with Crippen molar-refractivity contribution in [3.8, 4) is 0 Å². The molecule has 0 aromatic carbocycles. The molecule has 0 saturated heterocycles. The summed E-state index contributed by atoms with van der Waals surface area (Å²) in [6.07, 6.45) is 0. The zero-order valence-electron chi connectivity index (χ0n) is 13.5. The zero-order valence-corrected chi connectivity index (χ0v) is 14.3. The van der Waals surface area contributed by atoms with Gasteiger partial charge in [-0.1, -0.05) is 12.1 Å². The summed E-state index contributed by atoms with van der Waals surface area (Å²) < 4.78 is 4.85. The molecule has 1 aromatic rings. The molecule has 2 unspecified atom stereocenters. The van der Waals surface area contributed by atoms with Crippen molar-refractivity contribution in [1.82, 2.24) is 10.1 Å². The predicted molar refractivity (Wildman–Crippen MR) is 86.2 cm³/mol. The Morgan fingerprint density at radius 2 is 2.09 bits per heavy atom. The van der Waals surface area contributed by atoms with Gasteiger partial charge in [0, 0.05) is 19.7 Å². The lowest BCUT2D eigenvalue weighted by Gasteiger charge is -2.20. The Hall–Kier alpha value is -2.03. The molecule has 2 amide bonds. The van der Waals surface area contributed by atoms with E-state index in [4.69, 9.17) is 9.63 Å². The van der Waals surface area contributed by atoms with Gasteiger partial charge in [0.2, 0.25) is 11.8 Å². The van der Waals surface area contributed by atoms with Gasteiger partial charge in [0.25, 0.3) is 0 Å². The van der Waals surface area contributed by atoms with E-state index in [1.54, 1.807) is 27.0 Å². The summed E-state index contributed by atoms with van der Waals surface area (Å²) in [4.78, 5) is 36.0. The third kappa shape index (κ3) is 6.31. The monoisotopic (exact) mass is 343 g/mol. The zero-order chi connectivity index (χ0) is 17.6. The summed E-state index contributed by atoms with van der Waals surface area (Å²) in [6, 6.07) is 1.60. The van der Waals surface area contributed by atoms with Crippen LogP contribution in [0.15, 0.2) is 10.6 Å². The first-order valence-corrected chi connectivity index (χ1v) is 8.08. The summed E-state index contributed by atoms with van der Waals surface area (Å²) in [7, 11) is 1.55. The lowest BCUT2D eigenvalue weighted by atomic mass is 10.2.